The number of carbonyl (C=O) groups excluding carboxylic acids is 1. The van der Waals surface area contributed by atoms with Gasteiger partial charge in [0.15, 0.2) is 0 Å². The molecule has 1 amide bonds. The normalized spacial score (nSPS) is 21.3. The van der Waals surface area contributed by atoms with Crippen LogP contribution in [0.5, 0.6) is 0 Å². The summed E-state index contributed by atoms with van der Waals surface area (Å²) < 4.78 is 6.15. The van der Waals surface area contributed by atoms with E-state index in [4.69, 9.17) is 4.74 Å². The average Bonchev–Trinajstić information content (AvgIpc) is 3.04. The highest BCUT2D eigenvalue weighted by atomic mass is 32.2. The van der Waals surface area contributed by atoms with E-state index in [1.54, 1.807) is 18.6 Å². The molecule has 0 N–H and O–H groups in total. The molecule has 0 aliphatic carbocycles. The molecule has 130 valence electrons. The molecule has 0 aromatic carbocycles. The second-order valence-corrected chi connectivity index (χ2v) is 8.14. The van der Waals surface area contributed by atoms with Crippen molar-refractivity contribution in [2.75, 3.05) is 18.8 Å². The summed E-state index contributed by atoms with van der Waals surface area (Å²) in [7, 11) is 0. The van der Waals surface area contributed by atoms with Crippen molar-refractivity contribution in [3.05, 3.63) is 53.9 Å². The quantitative estimate of drug-likeness (QED) is 0.836. The van der Waals surface area contributed by atoms with Gasteiger partial charge in [-0.05, 0) is 25.5 Å². The molecule has 2 aromatic rings. The molecule has 2 aliphatic rings. The van der Waals surface area contributed by atoms with Gasteiger partial charge in [-0.2, -0.15) is 0 Å². The highest BCUT2D eigenvalue weighted by molar-refractivity contribution is 8.01. The molecule has 1 atom stereocenters. The molecule has 0 saturated carbocycles. The summed E-state index contributed by atoms with van der Waals surface area (Å²) in [5, 5.41) is 0. The maximum atomic E-state index is 12.4. The second-order valence-electron chi connectivity index (χ2n) is 6.66. The van der Waals surface area contributed by atoms with Crippen LogP contribution in [0.4, 0.5) is 0 Å². The van der Waals surface area contributed by atoms with Gasteiger partial charge in [0.25, 0.3) is 5.91 Å². The molecule has 0 bridgehead atoms. The minimum absolute atomic E-state index is 0.0309. The topological polar surface area (TPSA) is 68.2 Å². The monoisotopic (exact) mass is 356 g/mol. The third kappa shape index (κ3) is 3.52. The molecule has 4 heterocycles. The van der Waals surface area contributed by atoms with E-state index in [0.29, 0.717) is 12.3 Å². The highest BCUT2D eigenvalue weighted by Gasteiger charge is 2.51. The first kappa shape index (κ1) is 16.5. The molecule has 25 heavy (non-hydrogen) atoms. The summed E-state index contributed by atoms with van der Waals surface area (Å²) in [6.07, 6.45) is 6.18. The molecule has 2 aromatic heterocycles. The summed E-state index contributed by atoms with van der Waals surface area (Å²) in [6, 6.07) is 5.85. The number of hydrogen-bond acceptors (Lipinski definition) is 6. The minimum Gasteiger partial charge on any atom is -0.371 e. The Bertz CT molecular complexity index is 747. The number of hydrogen-bond donors (Lipinski definition) is 0. The first-order chi connectivity index (χ1) is 12.1. The van der Waals surface area contributed by atoms with Crippen molar-refractivity contribution in [3.8, 4) is 0 Å². The lowest BCUT2D eigenvalue weighted by molar-refractivity contribution is 0.0243. The Morgan fingerprint density at radius 2 is 2.20 bits per heavy atom. The molecule has 0 unspecified atom stereocenters. The highest BCUT2D eigenvalue weighted by Crippen LogP contribution is 2.46. The van der Waals surface area contributed by atoms with E-state index >= 15 is 0 Å². The van der Waals surface area contributed by atoms with Gasteiger partial charge in [-0.3, -0.25) is 14.8 Å². The first-order valence-electron chi connectivity index (χ1n) is 8.37. The molecule has 4 rings (SSSR count). The van der Waals surface area contributed by atoms with Gasteiger partial charge in [0.2, 0.25) is 0 Å². The predicted octanol–water partition coefficient (Wildman–Crippen LogP) is 2.10. The maximum absolute atomic E-state index is 12.4. The Balaban J connectivity index is 1.28. The second kappa shape index (κ2) is 6.72. The summed E-state index contributed by atoms with van der Waals surface area (Å²) in [6.45, 7) is 3.93. The van der Waals surface area contributed by atoms with Gasteiger partial charge in [-0.1, -0.05) is 6.07 Å². The Hall–Kier alpha value is -1.99. The third-order valence-corrected chi connectivity index (χ3v) is 6.19. The fraction of sp³-hybridized carbons (Fsp3) is 0.444. The van der Waals surface area contributed by atoms with E-state index < -0.39 is 0 Å². The van der Waals surface area contributed by atoms with Gasteiger partial charge in [0.05, 0.1) is 35.0 Å². The van der Waals surface area contributed by atoms with E-state index in [1.807, 2.05) is 41.8 Å². The van der Waals surface area contributed by atoms with Crippen LogP contribution in [0.25, 0.3) is 0 Å². The van der Waals surface area contributed by atoms with Crippen LogP contribution in [-0.4, -0.2) is 55.5 Å². The number of amides is 1. The summed E-state index contributed by atoms with van der Waals surface area (Å²) in [5.41, 5.74) is 2.19. The van der Waals surface area contributed by atoms with E-state index in [1.165, 1.54) is 0 Å². The first-order valence-corrected chi connectivity index (χ1v) is 9.36. The van der Waals surface area contributed by atoms with Gasteiger partial charge >= 0.3 is 0 Å². The number of nitrogens with zero attached hydrogens (tertiary/aromatic N) is 4. The van der Waals surface area contributed by atoms with Crippen LogP contribution >= 0.6 is 11.8 Å². The number of ether oxygens (including phenoxy) is 1. The van der Waals surface area contributed by atoms with Crippen molar-refractivity contribution in [2.24, 2.45) is 0 Å². The van der Waals surface area contributed by atoms with Crippen molar-refractivity contribution < 1.29 is 9.53 Å². The minimum atomic E-state index is -0.0309. The van der Waals surface area contributed by atoms with Gasteiger partial charge in [0, 0.05) is 31.2 Å². The van der Waals surface area contributed by atoms with E-state index in [2.05, 4.69) is 15.0 Å². The molecule has 2 aliphatic heterocycles. The molecule has 2 fully saturated rings. The molecular weight excluding hydrogens is 336 g/mol. The summed E-state index contributed by atoms with van der Waals surface area (Å²) in [4.78, 5) is 26.9. The average molecular weight is 356 g/mol. The van der Waals surface area contributed by atoms with Crippen LogP contribution in [0.15, 0.2) is 36.8 Å². The number of aryl methyl sites for hydroxylation is 1. The smallest absolute Gasteiger partial charge is 0.274 e. The number of carbonyl (C=O) groups is 1. The van der Waals surface area contributed by atoms with Crippen LogP contribution in [0, 0.1) is 6.92 Å². The van der Waals surface area contributed by atoms with Crippen LogP contribution < -0.4 is 0 Å². The fourth-order valence-corrected chi connectivity index (χ4v) is 4.83. The standard InChI is InChI=1S/C18H20N4O2S/c1-13-7-21-16(8-20-13)17(23)22-11-18(12-22)6-15(10-25-18)24-9-14-4-2-3-5-19-14/h2-5,7-8,15H,6,9-12H2,1H3/t15-/m0/s1. The SMILES string of the molecule is Cc1cnc(C(=O)N2CC3(C[C@H](OCc4ccccn4)CS3)C2)cn1. The zero-order valence-corrected chi connectivity index (χ0v) is 14.9. The number of likely N-dealkylation sites (tertiary alicyclic amines) is 1. The Morgan fingerprint density at radius 3 is 2.92 bits per heavy atom. The lowest BCUT2D eigenvalue weighted by Crippen LogP contribution is -2.60. The lowest BCUT2D eigenvalue weighted by Gasteiger charge is -2.47. The number of rotatable bonds is 4. The van der Waals surface area contributed by atoms with Crippen molar-refractivity contribution in [1.29, 1.82) is 0 Å². The van der Waals surface area contributed by atoms with Crippen LogP contribution in [0.3, 0.4) is 0 Å². The summed E-state index contributed by atoms with van der Waals surface area (Å²) in [5.74, 6) is 0.940. The van der Waals surface area contributed by atoms with Gasteiger partial charge in [-0.25, -0.2) is 4.98 Å². The molecule has 6 nitrogen and oxygen atoms in total. The van der Waals surface area contributed by atoms with Gasteiger partial charge in [-0.15, -0.1) is 11.8 Å². The zero-order chi connectivity index (χ0) is 17.3. The Morgan fingerprint density at radius 1 is 1.32 bits per heavy atom. The van der Waals surface area contributed by atoms with Crippen LogP contribution in [0.2, 0.25) is 0 Å². The third-order valence-electron chi connectivity index (χ3n) is 4.61. The van der Waals surface area contributed by atoms with Crippen LogP contribution in [-0.2, 0) is 11.3 Å². The summed E-state index contributed by atoms with van der Waals surface area (Å²) >= 11 is 1.92. The molecule has 7 heteroatoms. The van der Waals surface area contributed by atoms with Crippen molar-refractivity contribution in [1.82, 2.24) is 19.9 Å². The van der Waals surface area contributed by atoms with E-state index in [0.717, 1.165) is 36.7 Å². The van der Waals surface area contributed by atoms with Crippen molar-refractivity contribution >= 4 is 17.7 Å². The maximum Gasteiger partial charge on any atom is 0.274 e. The number of pyridine rings is 1. The fourth-order valence-electron chi connectivity index (χ4n) is 3.27. The van der Waals surface area contributed by atoms with Crippen molar-refractivity contribution in [3.63, 3.8) is 0 Å². The largest absolute Gasteiger partial charge is 0.371 e. The van der Waals surface area contributed by atoms with Crippen molar-refractivity contribution in [2.45, 2.75) is 30.8 Å². The lowest BCUT2D eigenvalue weighted by atomic mass is 9.92. The van der Waals surface area contributed by atoms with Crippen LogP contribution in [0.1, 0.15) is 28.3 Å². The predicted molar refractivity (Wildman–Crippen MR) is 95.3 cm³/mol. The zero-order valence-electron chi connectivity index (χ0n) is 14.1. The number of aromatic nitrogens is 3. The number of thioether (sulfide) groups is 1. The molecular formula is C18H20N4O2S. The Labute approximate surface area is 151 Å². The Kier molecular flexibility index (Phi) is 4.43. The molecule has 1 spiro atoms. The van der Waals surface area contributed by atoms with E-state index in [9.17, 15) is 4.79 Å². The van der Waals surface area contributed by atoms with E-state index in [-0.39, 0.29) is 16.8 Å². The molecule has 0 radical (unpaired) electrons. The van der Waals surface area contributed by atoms with Gasteiger partial charge in [0.1, 0.15) is 5.69 Å². The molecule has 2 saturated heterocycles. The van der Waals surface area contributed by atoms with Gasteiger partial charge < -0.3 is 9.64 Å².